The summed E-state index contributed by atoms with van der Waals surface area (Å²) in [6, 6.07) is 1.27. The number of rotatable bonds is 8. The lowest BCUT2D eigenvalue weighted by atomic mass is 10.1. The van der Waals surface area contributed by atoms with Crippen molar-refractivity contribution in [2.24, 2.45) is 0 Å². The Morgan fingerprint density at radius 2 is 2.11 bits per heavy atom. The number of hydrogen-bond acceptors (Lipinski definition) is 12. The number of nitrogens with zero attached hydrogens (tertiary/aromatic N) is 2. The van der Waals surface area contributed by atoms with Crippen molar-refractivity contribution in [1.82, 2.24) is 9.55 Å². The number of aliphatic hydroxyl groups is 2. The van der Waals surface area contributed by atoms with Gasteiger partial charge < -0.3 is 25.6 Å². The molecule has 0 aliphatic carbocycles. The van der Waals surface area contributed by atoms with Crippen LogP contribution in [-0.4, -0.2) is 49.6 Å². The molecule has 1 aliphatic rings. The van der Waals surface area contributed by atoms with Gasteiger partial charge in [0.15, 0.2) is 6.23 Å². The van der Waals surface area contributed by atoms with Crippen LogP contribution < -0.4 is 28.1 Å². The van der Waals surface area contributed by atoms with Crippen molar-refractivity contribution in [2.75, 3.05) is 12.3 Å². The molecular formula is C9H19N5O11P2+2. The summed E-state index contributed by atoms with van der Waals surface area (Å²) in [6.07, 6.45) is -4.69. The lowest BCUT2D eigenvalue weighted by Crippen LogP contribution is -2.52. The van der Waals surface area contributed by atoms with Gasteiger partial charge in [0, 0.05) is 6.20 Å². The molecule has 0 saturated carbocycles. The summed E-state index contributed by atoms with van der Waals surface area (Å²) < 4.78 is 34.4. The lowest BCUT2D eigenvalue weighted by Gasteiger charge is -2.22. The first-order chi connectivity index (χ1) is 12.5. The van der Waals surface area contributed by atoms with Crippen LogP contribution in [0.25, 0.3) is 0 Å². The fourth-order valence-electron chi connectivity index (χ4n) is 2.12. The molecule has 0 bridgehead atoms. The minimum atomic E-state index is -4.85. The molecule has 11 N–H and O–H groups in total. The van der Waals surface area contributed by atoms with Crippen LogP contribution in [-0.2, 0) is 27.4 Å². The molecule has 0 aromatic carbocycles. The molecule has 154 valence electrons. The minimum Gasteiger partial charge on any atom is -0.601 e. The Morgan fingerprint density at radius 1 is 1.44 bits per heavy atom. The number of nitrogen functional groups attached to an aromatic ring is 1. The van der Waals surface area contributed by atoms with E-state index in [1.165, 1.54) is 12.3 Å². The van der Waals surface area contributed by atoms with Crippen LogP contribution in [0.2, 0.25) is 0 Å². The number of phosphoric acid groups is 2. The average molecular weight is 435 g/mol. The summed E-state index contributed by atoms with van der Waals surface area (Å²) in [6.45, 7) is -0.740. The molecule has 18 heteroatoms. The zero-order valence-electron chi connectivity index (χ0n) is 13.6. The molecule has 1 aromatic rings. The predicted octanol–water partition coefficient (Wildman–Crippen LogP) is -5.04. The molecule has 16 nitrogen and oxygen atoms in total. The Hall–Kier alpha value is -1.10. The topological polar surface area (TPSA) is 263 Å². The van der Waals surface area contributed by atoms with Gasteiger partial charge in [-0.2, -0.15) is 15.4 Å². The summed E-state index contributed by atoms with van der Waals surface area (Å²) >= 11 is 0. The third-order valence-corrected chi connectivity index (χ3v) is 6.12. The number of aliphatic hydroxyl groups excluding tert-OH is 2. The monoisotopic (exact) mass is 435 g/mol. The van der Waals surface area contributed by atoms with Gasteiger partial charge in [0.1, 0.15) is 30.7 Å². The van der Waals surface area contributed by atoms with Crippen LogP contribution in [0.4, 0.5) is 5.82 Å². The molecule has 6 atom stereocenters. The Kier molecular flexibility index (Phi) is 6.99. The standard InChI is InChI=1S/C9H17N5O11P2/c10-5-1-2-14(9(17)13-5)8-7(16)6(15)4(22-8)3-21-27(20,24-12)25-26(18,19)23-11/h1-2,4,6-8,15-16H,3H2,11-12H3,(H-2,10,13,17,18,19)/p+2/t4-,6-,7+,8-,27?/m1/s1. The molecule has 27 heavy (non-hydrogen) atoms. The summed E-state index contributed by atoms with van der Waals surface area (Å²) in [7, 11) is -9.56. The van der Waals surface area contributed by atoms with Gasteiger partial charge in [-0.05, 0) is 10.7 Å². The van der Waals surface area contributed by atoms with Gasteiger partial charge in [-0.25, -0.2) is 15.3 Å². The molecule has 2 rings (SSSR count). The Morgan fingerprint density at radius 3 is 2.67 bits per heavy atom. The zero-order valence-corrected chi connectivity index (χ0v) is 15.3. The number of aromatic nitrogens is 2. The molecule has 2 unspecified atom stereocenters. The van der Waals surface area contributed by atoms with Gasteiger partial charge in [-0.3, -0.25) is 9.46 Å². The average Bonchev–Trinajstić information content (AvgIpc) is 2.88. The third kappa shape index (κ3) is 5.24. The van der Waals surface area contributed by atoms with Gasteiger partial charge in [-0.1, -0.05) is 8.94 Å². The normalized spacial score (nSPS) is 30.0. The number of hydrogen-bond donors (Lipinski definition) is 6. The number of ether oxygens (including phenoxy) is 1. The van der Waals surface area contributed by atoms with Crippen LogP contribution in [0.1, 0.15) is 6.23 Å². The first kappa shape index (κ1) is 22.2. The maximum atomic E-state index is 12.1. The molecule has 2 heterocycles. The van der Waals surface area contributed by atoms with Crippen LogP contribution in [0.5, 0.6) is 0 Å². The summed E-state index contributed by atoms with van der Waals surface area (Å²) in [4.78, 5) is 36.5. The number of quaternary nitrogens is 2. The van der Waals surface area contributed by atoms with E-state index in [1.807, 2.05) is 0 Å². The predicted molar refractivity (Wildman–Crippen MR) is 80.6 cm³/mol. The van der Waals surface area contributed by atoms with E-state index < -0.39 is 52.8 Å². The smallest absolute Gasteiger partial charge is 0.557 e. The Bertz CT molecular complexity index is 766. The number of anilines is 1. The molecule has 0 radical (unpaired) electrons. The van der Waals surface area contributed by atoms with Gasteiger partial charge >= 0.3 is 21.7 Å². The third-order valence-electron chi connectivity index (χ3n) is 3.38. The second kappa shape index (κ2) is 8.50. The van der Waals surface area contributed by atoms with Crippen molar-refractivity contribution in [2.45, 2.75) is 24.5 Å². The first-order valence-corrected chi connectivity index (χ1v) is 10.00. The maximum absolute atomic E-state index is 12.1. The second-order valence-electron chi connectivity index (χ2n) is 5.14. The first-order valence-electron chi connectivity index (χ1n) is 7.04. The van der Waals surface area contributed by atoms with E-state index in [9.17, 15) is 24.5 Å². The van der Waals surface area contributed by atoms with Crippen molar-refractivity contribution < 1.29 is 59.2 Å². The lowest BCUT2D eigenvalue weighted by molar-refractivity contribution is -0.657. The van der Waals surface area contributed by atoms with Gasteiger partial charge in [-0.15, -0.1) is 0 Å². The van der Waals surface area contributed by atoms with E-state index in [0.717, 1.165) is 4.57 Å². The van der Waals surface area contributed by atoms with Crippen molar-refractivity contribution in [3.05, 3.63) is 22.7 Å². The Labute approximate surface area is 151 Å². The van der Waals surface area contributed by atoms with E-state index in [0.29, 0.717) is 0 Å². The molecule has 0 spiro atoms. The van der Waals surface area contributed by atoms with Crippen LogP contribution >= 0.6 is 16.0 Å². The number of nitrogens with two attached hydrogens (primary N) is 1. The highest BCUT2D eigenvalue weighted by atomic mass is 31.3. The van der Waals surface area contributed by atoms with Crippen molar-refractivity contribution in [1.29, 1.82) is 0 Å². The molecule has 1 saturated heterocycles. The van der Waals surface area contributed by atoms with Crippen molar-refractivity contribution in [3.63, 3.8) is 0 Å². The van der Waals surface area contributed by atoms with E-state index in [4.69, 9.17) is 19.9 Å². The highest BCUT2D eigenvalue weighted by Crippen LogP contribution is 2.64. The minimum absolute atomic E-state index is 0.0593. The Balaban J connectivity index is 2.09. The molecule has 1 aliphatic heterocycles. The fourth-order valence-corrected chi connectivity index (χ4v) is 4.10. The van der Waals surface area contributed by atoms with E-state index in [1.54, 1.807) is 0 Å². The van der Waals surface area contributed by atoms with E-state index in [2.05, 4.69) is 30.3 Å². The van der Waals surface area contributed by atoms with Crippen LogP contribution in [0.15, 0.2) is 17.1 Å². The summed E-state index contributed by atoms with van der Waals surface area (Å²) in [5.41, 5.74) is 4.52. The second-order valence-corrected chi connectivity index (χ2v) is 8.40. The zero-order chi connectivity index (χ0) is 20.4. The van der Waals surface area contributed by atoms with Crippen molar-refractivity contribution in [3.8, 4) is 0 Å². The SMILES string of the molecule is Nc1ccn([C@@H]2O[C@H](CO[P+]([O-])(O[NH3+])OP(=O)(O)O[NH3+])[C@@H](O)[C@@H]2O)c(=O)n1. The van der Waals surface area contributed by atoms with E-state index in [-0.39, 0.29) is 5.82 Å². The highest BCUT2D eigenvalue weighted by Gasteiger charge is 2.50. The van der Waals surface area contributed by atoms with E-state index >= 15 is 0 Å². The molecule has 1 aromatic heterocycles. The quantitative estimate of drug-likeness (QED) is 0.165. The summed E-state index contributed by atoms with van der Waals surface area (Å²) in [5, 5.41) is 20.1. The van der Waals surface area contributed by atoms with Crippen LogP contribution in [0.3, 0.4) is 0 Å². The van der Waals surface area contributed by atoms with Gasteiger partial charge in [0.05, 0.1) is 0 Å². The fraction of sp³-hybridized carbons (Fsp3) is 0.556. The van der Waals surface area contributed by atoms with Gasteiger partial charge in [0.2, 0.25) is 0 Å². The highest BCUT2D eigenvalue weighted by molar-refractivity contribution is 7.64. The largest absolute Gasteiger partial charge is 0.601 e. The molecule has 1 fully saturated rings. The maximum Gasteiger partial charge on any atom is 0.557 e. The van der Waals surface area contributed by atoms with Gasteiger partial charge in [0.25, 0.3) is 0 Å². The molecular weight excluding hydrogens is 416 g/mol. The molecule has 0 amide bonds. The summed E-state index contributed by atoms with van der Waals surface area (Å²) in [5.74, 6) is 5.40. The van der Waals surface area contributed by atoms with Crippen molar-refractivity contribution >= 4 is 21.8 Å². The van der Waals surface area contributed by atoms with Crippen LogP contribution in [0, 0.1) is 0 Å².